The summed E-state index contributed by atoms with van der Waals surface area (Å²) >= 11 is 0. The summed E-state index contributed by atoms with van der Waals surface area (Å²) in [6.07, 6.45) is 3.76. The van der Waals surface area contributed by atoms with Crippen LogP contribution in [0.1, 0.15) is 5.56 Å². The van der Waals surface area contributed by atoms with E-state index < -0.39 is 10.0 Å². The highest BCUT2D eigenvalue weighted by Gasteiger charge is 2.11. The van der Waals surface area contributed by atoms with E-state index in [9.17, 15) is 8.42 Å². The average Bonchev–Trinajstić information content (AvgIpc) is 3.04. The Hall–Kier alpha value is -2.97. The largest absolute Gasteiger partial charge is 0.481 e. The molecule has 3 aromatic heterocycles. The van der Waals surface area contributed by atoms with Gasteiger partial charge < -0.3 is 9.30 Å². The Morgan fingerprint density at radius 2 is 1.88 bits per heavy atom. The third-order valence-electron chi connectivity index (χ3n) is 4.24. The predicted molar refractivity (Wildman–Crippen MR) is 98.5 cm³/mol. The highest BCUT2D eigenvalue weighted by molar-refractivity contribution is 7.89. The monoisotopic (exact) mass is 368 g/mol. The summed E-state index contributed by atoms with van der Waals surface area (Å²) in [6.45, 7) is 0.583. The molecule has 4 aromatic rings. The number of benzene rings is 1. The maximum atomic E-state index is 11.4. The second kappa shape index (κ2) is 6.08. The molecule has 0 aliphatic rings. The quantitative estimate of drug-likeness (QED) is 0.596. The summed E-state index contributed by atoms with van der Waals surface area (Å²) in [7, 11) is -2.12. The Labute approximate surface area is 150 Å². The molecule has 0 unspecified atom stereocenters. The van der Waals surface area contributed by atoms with Gasteiger partial charge in [-0.05, 0) is 29.8 Å². The third-order valence-corrected chi connectivity index (χ3v) is 5.17. The van der Waals surface area contributed by atoms with Crippen molar-refractivity contribution in [2.24, 2.45) is 5.14 Å². The molecule has 0 aliphatic carbocycles. The van der Waals surface area contributed by atoms with Gasteiger partial charge in [-0.3, -0.25) is 0 Å². The molecule has 7 nitrogen and oxygen atoms in total. The smallest absolute Gasteiger partial charge is 0.238 e. The summed E-state index contributed by atoms with van der Waals surface area (Å²) in [5, 5.41) is 7.08. The number of nitrogens with zero attached hydrogens (tertiary/aromatic N) is 3. The fourth-order valence-corrected chi connectivity index (χ4v) is 3.49. The van der Waals surface area contributed by atoms with E-state index in [-0.39, 0.29) is 4.90 Å². The maximum Gasteiger partial charge on any atom is 0.238 e. The highest BCUT2D eigenvalue weighted by atomic mass is 32.2. The van der Waals surface area contributed by atoms with Gasteiger partial charge in [-0.15, -0.1) is 0 Å². The van der Waals surface area contributed by atoms with Crippen LogP contribution in [0.15, 0.2) is 59.8 Å². The van der Waals surface area contributed by atoms with Gasteiger partial charge >= 0.3 is 0 Å². The van der Waals surface area contributed by atoms with Crippen molar-refractivity contribution < 1.29 is 13.2 Å². The van der Waals surface area contributed by atoms with E-state index in [1.165, 1.54) is 12.1 Å². The van der Waals surface area contributed by atoms with Crippen LogP contribution in [-0.4, -0.2) is 30.1 Å². The van der Waals surface area contributed by atoms with Crippen LogP contribution >= 0.6 is 0 Å². The van der Waals surface area contributed by atoms with Gasteiger partial charge in [0.1, 0.15) is 0 Å². The average molecular weight is 368 g/mol. The van der Waals surface area contributed by atoms with E-state index in [1.54, 1.807) is 25.4 Å². The molecule has 0 spiro atoms. The second-order valence-electron chi connectivity index (χ2n) is 5.92. The van der Waals surface area contributed by atoms with Crippen molar-refractivity contribution >= 4 is 32.0 Å². The van der Waals surface area contributed by atoms with Crippen LogP contribution in [0.25, 0.3) is 21.9 Å². The zero-order chi connectivity index (χ0) is 18.3. The van der Waals surface area contributed by atoms with Crippen molar-refractivity contribution in [3.05, 3.63) is 60.4 Å². The molecule has 0 atom stereocenters. The number of fused-ring (bicyclic) bond motifs is 3. The standard InChI is InChI=1S/C18H16N4O3S/c1-25-16-7-6-15-17-13(10-20-18(15)21-16)8-9-22(17)11-12-2-4-14(5-3-12)26(19,23)24/h2-10H,11H2,1H3,(H2,19,23,24). The predicted octanol–water partition coefficient (Wildman–Crippen LogP) is 2.29. The van der Waals surface area contributed by atoms with Gasteiger partial charge in [-0.25, -0.2) is 18.5 Å². The van der Waals surface area contributed by atoms with Crippen LogP contribution in [0.4, 0.5) is 0 Å². The number of nitrogens with two attached hydrogens (primary N) is 1. The number of primary sulfonamides is 1. The fourth-order valence-electron chi connectivity index (χ4n) is 2.98. The summed E-state index contributed by atoms with van der Waals surface area (Å²) < 4.78 is 30.0. The lowest BCUT2D eigenvalue weighted by atomic mass is 10.2. The van der Waals surface area contributed by atoms with Gasteiger partial charge in [0.2, 0.25) is 15.9 Å². The Morgan fingerprint density at radius 3 is 2.58 bits per heavy atom. The Morgan fingerprint density at radius 1 is 1.12 bits per heavy atom. The molecule has 0 saturated carbocycles. The van der Waals surface area contributed by atoms with Crippen molar-refractivity contribution in [2.45, 2.75) is 11.4 Å². The van der Waals surface area contributed by atoms with E-state index in [4.69, 9.17) is 9.88 Å². The van der Waals surface area contributed by atoms with Crippen LogP contribution in [0.3, 0.4) is 0 Å². The Kier molecular flexibility index (Phi) is 3.86. The zero-order valence-corrected chi connectivity index (χ0v) is 14.8. The normalized spacial score (nSPS) is 11.9. The van der Waals surface area contributed by atoms with Gasteiger partial charge in [0.15, 0.2) is 5.65 Å². The first-order valence-corrected chi connectivity index (χ1v) is 9.41. The number of aromatic nitrogens is 3. The number of rotatable bonds is 4. The first-order chi connectivity index (χ1) is 12.5. The maximum absolute atomic E-state index is 11.4. The van der Waals surface area contributed by atoms with Gasteiger partial charge in [0, 0.05) is 35.8 Å². The summed E-state index contributed by atoms with van der Waals surface area (Å²) in [6, 6.07) is 12.3. The minimum Gasteiger partial charge on any atom is -0.481 e. The molecule has 0 aliphatic heterocycles. The Bertz CT molecular complexity index is 1210. The molecule has 0 bridgehead atoms. The molecule has 3 heterocycles. The molecule has 0 fully saturated rings. The third kappa shape index (κ3) is 2.89. The summed E-state index contributed by atoms with van der Waals surface area (Å²) in [5.74, 6) is 0.515. The van der Waals surface area contributed by atoms with E-state index in [1.807, 2.05) is 24.4 Å². The first kappa shape index (κ1) is 16.5. The number of hydrogen-bond donors (Lipinski definition) is 1. The van der Waals surface area contributed by atoms with Gasteiger partial charge in [0.25, 0.3) is 0 Å². The SMILES string of the molecule is COc1ccc2c(ncc3ccn(Cc4ccc(S(N)(=O)=O)cc4)c32)n1. The lowest BCUT2D eigenvalue weighted by molar-refractivity contribution is 0.399. The molecule has 1 aromatic carbocycles. The van der Waals surface area contributed by atoms with E-state index >= 15 is 0 Å². The molecule has 132 valence electrons. The topological polar surface area (TPSA) is 100 Å². The van der Waals surface area contributed by atoms with E-state index in [0.29, 0.717) is 18.1 Å². The van der Waals surface area contributed by atoms with Crippen LogP contribution in [-0.2, 0) is 16.6 Å². The zero-order valence-electron chi connectivity index (χ0n) is 14.0. The van der Waals surface area contributed by atoms with Crippen molar-refractivity contribution in [3.63, 3.8) is 0 Å². The van der Waals surface area contributed by atoms with Gasteiger partial charge in [-0.1, -0.05) is 12.1 Å². The Balaban J connectivity index is 1.78. The molecule has 26 heavy (non-hydrogen) atoms. The molecule has 0 saturated heterocycles. The first-order valence-electron chi connectivity index (χ1n) is 7.86. The van der Waals surface area contributed by atoms with Gasteiger partial charge in [-0.2, -0.15) is 4.98 Å². The van der Waals surface area contributed by atoms with Crippen molar-refractivity contribution in [1.82, 2.24) is 14.5 Å². The van der Waals surface area contributed by atoms with Crippen LogP contribution < -0.4 is 9.88 Å². The highest BCUT2D eigenvalue weighted by Crippen LogP contribution is 2.26. The molecule has 4 rings (SSSR count). The van der Waals surface area contributed by atoms with Crippen LogP contribution in [0.2, 0.25) is 0 Å². The molecule has 8 heteroatoms. The number of sulfonamides is 1. The fraction of sp³-hybridized carbons (Fsp3) is 0.111. The van der Waals surface area contributed by atoms with Crippen molar-refractivity contribution in [2.75, 3.05) is 7.11 Å². The summed E-state index contributed by atoms with van der Waals surface area (Å²) in [4.78, 5) is 8.88. The van der Waals surface area contributed by atoms with Gasteiger partial charge in [0.05, 0.1) is 17.5 Å². The van der Waals surface area contributed by atoms with Crippen molar-refractivity contribution in [3.8, 4) is 5.88 Å². The molecule has 0 radical (unpaired) electrons. The lowest BCUT2D eigenvalue weighted by Crippen LogP contribution is -2.12. The minimum absolute atomic E-state index is 0.101. The molecule has 2 N–H and O–H groups in total. The molecule has 0 amide bonds. The number of ether oxygens (including phenoxy) is 1. The number of pyridine rings is 2. The van der Waals surface area contributed by atoms with Crippen molar-refractivity contribution in [1.29, 1.82) is 0 Å². The summed E-state index contributed by atoms with van der Waals surface area (Å²) in [5.41, 5.74) is 2.59. The molecular weight excluding hydrogens is 352 g/mol. The molecular formula is C18H16N4O3S. The van der Waals surface area contributed by atoms with E-state index in [2.05, 4.69) is 14.5 Å². The van der Waals surface area contributed by atoms with Crippen LogP contribution in [0, 0.1) is 0 Å². The lowest BCUT2D eigenvalue weighted by Gasteiger charge is -2.09. The van der Waals surface area contributed by atoms with E-state index in [0.717, 1.165) is 21.9 Å². The number of methoxy groups -OCH3 is 1. The minimum atomic E-state index is -3.69. The number of hydrogen-bond acceptors (Lipinski definition) is 5. The van der Waals surface area contributed by atoms with Crippen LogP contribution in [0.5, 0.6) is 5.88 Å². The second-order valence-corrected chi connectivity index (χ2v) is 7.48.